The van der Waals surface area contributed by atoms with E-state index in [0.29, 0.717) is 32.1 Å². The van der Waals surface area contributed by atoms with Crippen LogP contribution in [-0.2, 0) is 29.1 Å². The van der Waals surface area contributed by atoms with Crippen molar-refractivity contribution < 1.29 is 32.2 Å². The standard InChI is InChI=1S/C17H24N2O7S/c1-12(18-27(22,23)15-6-4-14(24-3)5-7-15)17(21)26-13(2)16(20)19-8-10-25-11-9-19/h4-7,12-13,18H,8-11H2,1-3H3. The van der Waals surface area contributed by atoms with E-state index >= 15 is 0 Å². The van der Waals surface area contributed by atoms with Crippen LogP contribution in [0.3, 0.4) is 0 Å². The number of morpholine rings is 1. The van der Waals surface area contributed by atoms with Gasteiger partial charge in [0.1, 0.15) is 11.8 Å². The molecule has 2 rings (SSSR count). The van der Waals surface area contributed by atoms with Crippen LogP contribution in [0.15, 0.2) is 29.2 Å². The largest absolute Gasteiger partial charge is 0.497 e. The number of nitrogens with one attached hydrogen (secondary N) is 1. The molecule has 2 atom stereocenters. The lowest BCUT2D eigenvalue weighted by molar-refractivity contribution is -0.161. The second-order valence-electron chi connectivity index (χ2n) is 6.04. The first-order valence-electron chi connectivity index (χ1n) is 8.48. The predicted molar refractivity (Wildman–Crippen MR) is 95.7 cm³/mol. The molecule has 1 aromatic rings. The van der Waals surface area contributed by atoms with Crippen molar-refractivity contribution in [3.05, 3.63) is 24.3 Å². The number of carbonyl (C=O) groups is 2. The maximum atomic E-state index is 12.4. The Morgan fingerprint density at radius 1 is 1.15 bits per heavy atom. The second-order valence-corrected chi connectivity index (χ2v) is 7.75. The number of sulfonamides is 1. The summed E-state index contributed by atoms with van der Waals surface area (Å²) in [5, 5.41) is 0. The van der Waals surface area contributed by atoms with Crippen LogP contribution in [0.25, 0.3) is 0 Å². The first-order chi connectivity index (χ1) is 12.7. The molecule has 0 bridgehead atoms. The quantitative estimate of drug-likeness (QED) is 0.649. The molecule has 0 radical (unpaired) electrons. The number of rotatable bonds is 7. The first-order valence-corrected chi connectivity index (χ1v) is 9.96. The minimum atomic E-state index is -3.92. The molecule has 150 valence electrons. The molecule has 0 aromatic heterocycles. The van der Waals surface area contributed by atoms with Crippen molar-refractivity contribution in [2.45, 2.75) is 30.9 Å². The number of ether oxygens (including phenoxy) is 3. The molecule has 10 heteroatoms. The number of esters is 1. The lowest BCUT2D eigenvalue weighted by Gasteiger charge is -2.29. The van der Waals surface area contributed by atoms with E-state index in [1.807, 2.05) is 0 Å². The molecule has 1 aromatic carbocycles. The van der Waals surface area contributed by atoms with E-state index < -0.39 is 28.1 Å². The van der Waals surface area contributed by atoms with Crippen LogP contribution in [0.5, 0.6) is 5.75 Å². The van der Waals surface area contributed by atoms with Crippen LogP contribution in [0.4, 0.5) is 0 Å². The summed E-state index contributed by atoms with van der Waals surface area (Å²) in [6, 6.07) is 4.58. The average molecular weight is 400 g/mol. The number of nitrogens with zero attached hydrogens (tertiary/aromatic N) is 1. The third-order valence-corrected chi connectivity index (χ3v) is 5.58. The molecule has 0 spiro atoms. The lowest BCUT2D eigenvalue weighted by atomic mass is 10.3. The number of carbonyl (C=O) groups excluding carboxylic acids is 2. The second kappa shape index (κ2) is 9.16. The van der Waals surface area contributed by atoms with Crippen molar-refractivity contribution in [1.29, 1.82) is 0 Å². The van der Waals surface area contributed by atoms with Crippen molar-refractivity contribution in [2.24, 2.45) is 0 Å². The van der Waals surface area contributed by atoms with Gasteiger partial charge in [-0.3, -0.25) is 9.59 Å². The van der Waals surface area contributed by atoms with Gasteiger partial charge in [0, 0.05) is 13.1 Å². The predicted octanol–water partition coefficient (Wildman–Crippen LogP) is 0.153. The lowest BCUT2D eigenvalue weighted by Crippen LogP contribution is -2.47. The fraction of sp³-hybridized carbons (Fsp3) is 0.529. The van der Waals surface area contributed by atoms with Gasteiger partial charge in [0.25, 0.3) is 5.91 Å². The first kappa shape index (κ1) is 21.1. The Bertz CT molecular complexity index is 758. The molecule has 1 fully saturated rings. The van der Waals surface area contributed by atoms with Gasteiger partial charge in [-0.25, -0.2) is 8.42 Å². The molecule has 9 nitrogen and oxygen atoms in total. The molecule has 27 heavy (non-hydrogen) atoms. The third kappa shape index (κ3) is 5.65. The van der Waals surface area contributed by atoms with Crippen LogP contribution < -0.4 is 9.46 Å². The van der Waals surface area contributed by atoms with Gasteiger partial charge in [0.2, 0.25) is 10.0 Å². The highest BCUT2D eigenvalue weighted by Gasteiger charge is 2.29. The van der Waals surface area contributed by atoms with E-state index in [9.17, 15) is 18.0 Å². The summed E-state index contributed by atoms with van der Waals surface area (Å²) in [7, 11) is -2.45. The Hall–Kier alpha value is -2.17. The van der Waals surface area contributed by atoms with E-state index in [1.54, 1.807) is 4.90 Å². The zero-order chi connectivity index (χ0) is 20.0. The Labute approximate surface area is 158 Å². The molecule has 1 N–H and O–H groups in total. The van der Waals surface area contributed by atoms with E-state index in [4.69, 9.17) is 14.2 Å². The van der Waals surface area contributed by atoms with E-state index in [0.717, 1.165) is 0 Å². The van der Waals surface area contributed by atoms with Crippen molar-refractivity contribution in [2.75, 3.05) is 33.4 Å². The molecule has 0 aliphatic carbocycles. The van der Waals surface area contributed by atoms with E-state index in [1.165, 1.54) is 45.2 Å². The normalized spacial score (nSPS) is 17.1. The highest BCUT2D eigenvalue weighted by molar-refractivity contribution is 7.89. The fourth-order valence-electron chi connectivity index (χ4n) is 2.47. The van der Waals surface area contributed by atoms with E-state index in [-0.39, 0.29) is 10.8 Å². The molecule has 1 heterocycles. The summed E-state index contributed by atoms with van der Waals surface area (Å²) in [5.74, 6) is -0.657. The maximum Gasteiger partial charge on any atom is 0.324 e. The SMILES string of the molecule is COc1ccc(S(=O)(=O)NC(C)C(=O)OC(C)C(=O)N2CCOCC2)cc1. The van der Waals surface area contributed by atoms with Crippen LogP contribution >= 0.6 is 0 Å². The summed E-state index contributed by atoms with van der Waals surface area (Å²) in [6.07, 6.45) is -1.01. The van der Waals surface area contributed by atoms with Gasteiger partial charge in [0.15, 0.2) is 6.10 Å². The zero-order valence-electron chi connectivity index (χ0n) is 15.5. The molecule has 1 saturated heterocycles. The van der Waals surface area contributed by atoms with Crippen molar-refractivity contribution in [3.8, 4) is 5.75 Å². The van der Waals surface area contributed by atoms with Gasteiger partial charge < -0.3 is 19.1 Å². The highest BCUT2D eigenvalue weighted by atomic mass is 32.2. The average Bonchev–Trinajstić information content (AvgIpc) is 2.67. The molecule has 2 unspecified atom stereocenters. The summed E-state index contributed by atoms with van der Waals surface area (Å²) >= 11 is 0. The molecular formula is C17H24N2O7S. The Morgan fingerprint density at radius 2 is 1.74 bits per heavy atom. The summed E-state index contributed by atoms with van der Waals surface area (Å²) in [5.41, 5.74) is 0. The van der Waals surface area contributed by atoms with Crippen LogP contribution in [0, 0.1) is 0 Å². The van der Waals surface area contributed by atoms with Crippen molar-refractivity contribution in [3.63, 3.8) is 0 Å². The van der Waals surface area contributed by atoms with Gasteiger partial charge in [0.05, 0.1) is 25.2 Å². The number of hydrogen-bond donors (Lipinski definition) is 1. The van der Waals surface area contributed by atoms with Crippen LogP contribution in [0.2, 0.25) is 0 Å². The summed E-state index contributed by atoms with van der Waals surface area (Å²) in [6.45, 7) is 4.55. The third-order valence-electron chi connectivity index (χ3n) is 4.02. The Balaban J connectivity index is 1.94. The molecule has 0 saturated carbocycles. The molecule has 1 amide bonds. The van der Waals surface area contributed by atoms with Gasteiger partial charge in [-0.1, -0.05) is 0 Å². The van der Waals surface area contributed by atoms with E-state index in [2.05, 4.69) is 4.72 Å². The van der Waals surface area contributed by atoms with Gasteiger partial charge in [-0.15, -0.1) is 0 Å². The van der Waals surface area contributed by atoms with Crippen molar-refractivity contribution >= 4 is 21.9 Å². The van der Waals surface area contributed by atoms with Crippen LogP contribution in [0.1, 0.15) is 13.8 Å². The monoisotopic (exact) mass is 400 g/mol. The number of hydrogen-bond acceptors (Lipinski definition) is 7. The zero-order valence-corrected chi connectivity index (χ0v) is 16.3. The number of benzene rings is 1. The molecule has 1 aliphatic rings. The topological polar surface area (TPSA) is 111 Å². The Kier molecular flexibility index (Phi) is 7.17. The van der Waals surface area contributed by atoms with Gasteiger partial charge >= 0.3 is 5.97 Å². The minimum absolute atomic E-state index is 0.0135. The summed E-state index contributed by atoms with van der Waals surface area (Å²) in [4.78, 5) is 26.0. The van der Waals surface area contributed by atoms with Gasteiger partial charge in [-0.05, 0) is 38.1 Å². The number of methoxy groups -OCH3 is 1. The smallest absolute Gasteiger partial charge is 0.324 e. The molecular weight excluding hydrogens is 376 g/mol. The van der Waals surface area contributed by atoms with Crippen LogP contribution in [-0.4, -0.2) is 70.8 Å². The maximum absolute atomic E-state index is 12.4. The fourth-order valence-corrected chi connectivity index (χ4v) is 3.66. The minimum Gasteiger partial charge on any atom is -0.497 e. The highest BCUT2D eigenvalue weighted by Crippen LogP contribution is 2.16. The number of amides is 1. The van der Waals surface area contributed by atoms with Gasteiger partial charge in [-0.2, -0.15) is 4.72 Å². The Morgan fingerprint density at radius 3 is 2.30 bits per heavy atom. The molecule has 1 aliphatic heterocycles. The summed E-state index contributed by atoms with van der Waals surface area (Å²) < 4.78 is 42.3. The van der Waals surface area contributed by atoms with Crippen molar-refractivity contribution in [1.82, 2.24) is 9.62 Å².